The minimum absolute atomic E-state index is 0.512. The van der Waals surface area contributed by atoms with E-state index in [-0.39, 0.29) is 0 Å². The van der Waals surface area contributed by atoms with Crippen molar-refractivity contribution in [1.82, 2.24) is 4.90 Å². The van der Waals surface area contributed by atoms with E-state index in [1.807, 2.05) is 0 Å². The Morgan fingerprint density at radius 2 is 1.94 bits per heavy atom. The van der Waals surface area contributed by atoms with Crippen molar-refractivity contribution >= 4 is 0 Å². The summed E-state index contributed by atoms with van der Waals surface area (Å²) < 4.78 is 5.87. The van der Waals surface area contributed by atoms with Gasteiger partial charge in [0.25, 0.3) is 0 Å². The number of hydrogen-bond donors (Lipinski definition) is 0. The molecular formula is C14H19NO. The monoisotopic (exact) mass is 217 g/mol. The van der Waals surface area contributed by atoms with Crippen LogP contribution in [0.5, 0.6) is 0 Å². The molecule has 2 aliphatic rings. The van der Waals surface area contributed by atoms with Gasteiger partial charge in [-0.1, -0.05) is 43.2 Å². The first-order valence-corrected chi connectivity index (χ1v) is 6.33. The lowest BCUT2D eigenvalue weighted by Gasteiger charge is -2.29. The number of rotatable bonds is 2. The Kier molecular flexibility index (Phi) is 2.94. The molecule has 0 radical (unpaired) electrons. The van der Waals surface area contributed by atoms with E-state index in [0.717, 1.165) is 13.3 Å². The number of nitrogens with zero attached hydrogens (tertiary/aromatic N) is 1. The van der Waals surface area contributed by atoms with Crippen LogP contribution in [0.1, 0.15) is 31.2 Å². The van der Waals surface area contributed by atoms with Gasteiger partial charge < -0.3 is 4.74 Å². The summed E-state index contributed by atoms with van der Waals surface area (Å²) in [6.45, 7) is 1.87. The van der Waals surface area contributed by atoms with E-state index >= 15 is 0 Å². The van der Waals surface area contributed by atoms with Gasteiger partial charge in [0.1, 0.15) is 6.73 Å². The molecule has 0 bridgehead atoms. The van der Waals surface area contributed by atoms with Crippen LogP contribution >= 0.6 is 0 Å². The molecule has 1 aromatic rings. The molecule has 2 heteroatoms. The predicted octanol–water partition coefficient (Wildman–Crippen LogP) is 2.79. The molecule has 2 fully saturated rings. The van der Waals surface area contributed by atoms with Gasteiger partial charge in [-0.05, 0) is 18.4 Å². The zero-order chi connectivity index (χ0) is 10.8. The van der Waals surface area contributed by atoms with E-state index in [0.29, 0.717) is 12.1 Å². The van der Waals surface area contributed by atoms with Crippen molar-refractivity contribution in [1.29, 1.82) is 0 Å². The van der Waals surface area contributed by atoms with Crippen molar-refractivity contribution in [3.8, 4) is 0 Å². The van der Waals surface area contributed by atoms with Crippen LogP contribution in [0.15, 0.2) is 30.3 Å². The second kappa shape index (κ2) is 4.56. The molecule has 0 N–H and O–H groups in total. The van der Waals surface area contributed by atoms with Gasteiger partial charge in [0.2, 0.25) is 0 Å². The van der Waals surface area contributed by atoms with Crippen molar-refractivity contribution in [2.24, 2.45) is 0 Å². The Labute approximate surface area is 97.2 Å². The maximum atomic E-state index is 5.87. The van der Waals surface area contributed by atoms with Crippen LogP contribution in [-0.2, 0) is 11.3 Å². The molecule has 1 aliphatic heterocycles. The zero-order valence-electron chi connectivity index (χ0n) is 9.64. The van der Waals surface area contributed by atoms with Gasteiger partial charge >= 0.3 is 0 Å². The summed E-state index contributed by atoms with van der Waals surface area (Å²) in [7, 11) is 0. The van der Waals surface area contributed by atoms with Gasteiger partial charge in [0.15, 0.2) is 0 Å². The maximum Gasteiger partial charge on any atom is 0.100 e. The van der Waals surface area contributed by atoms with Crippen LogP contribution in [0.2, 0.25) is 0 Å². The van der Waals surface area contributed by atoms with Crippen LogP contribution in [-0.4, -0.2) is 23.8 Å². The second-order valence-electron chi connectivity index (χ2n) is 4.92. The van der Waals surface area contributed by atoms with Crippen molar-refractivity contribution < 1.29 is 4.74 Å². The summed E-state index contributed by atoms with van der Waals surface area (Å²) in [6.07, 6.45) is 5.81. The lowest BCUT2D eigenvalue weighted by molar-refractivity contribution is 0.0760. The smallest absolute Gasteiger partial charge is 0.100 e. The third-order valence-electron chi connectivity index (χ3n) is 3.82. The molecule has 3 rings (SSSR count). The normalized spacial score (nSPS) is 30.2. The fourth-order valence-electron chi connectivity index (χ4n) is 2.96. The minimum Gasteiger partial charge on any atom is -0.361 e. The van der Waals surface area contributed by atoms with Crippen LogP contribution in [0.25, 0.3) is 0 Å². The molecule has 1 aromatic carbocycles. The quantitative estimate of drug-likeness (QED) is 0.755. The molecule has 0 aromatic heterocycles. The Morgan fingerprint density at radius 1 is 1.12 bits per heavy atom. The first-order valence-electron chi connectivity index (χ1n) is 6.33. The Balaban J connectivity index is 1.67. The largest absolute Gasteiger partial charge is 0.361 e. The molecule has 0 spiro atoms. The number of hydrogen-bond acceptors (Lipinski definition) is 2. The lowest BCUT2D eigenvalue weighted by Crippen LogP contribution is -2.36. The highest BCUT2D eigenvalue weighted by molar-refractivity contribution is 5.14. The highest BCUT2D eigenvalue weighted by Crippen LogP contribution is 2.31. The summed E-state index contributed by atoms with van der Waals surface area (Å²) >= 11 is 0. The van der Waals surface area contributed by atoms with E-state index in [9.17, 15) is 0 Å². The van der Waals surface area contributed by atoms with Gasteiger partial charge in [0, 0.05) is 12.6 Å². The number of benzene rings is 1. The van der Waals surface area contributed by atoms with E-state index < -0.39 is 0 Å². The topological polar surface area (TPSA) is 12.5 Å². The predicted molar refractivity (Wildman–Crippen MR) is 64.0 cm³/mol. The lowest BCUT2D eigenvalue weighted by atomic mass is 9.92. The van der Waals surface area contributed by atoms with Crippen molar-refractivity contribution in [2.45, 2.75) is 44.4 Å². The van der Waals surface area contributed by atoms with Gasteiger partial charge in [-0.15, -0.1) is 0 Å². The molecular weight excluding hydrogens is 198 g/mol. The standard InChI is InChI=1S/C14H19NO/c1-2-6-12(7-3-1)10-15-11-16-14-9-5-4-8-13(14)15/h1-3,6-7,13-14H,4-5,8-11H2. The Morgan fingerprint density at radius 3 is 2.81 bits per heavy atom. The van der Waals surface area contributed by atoms with Crippen LogP contribution in [0.3, 0.4) is 0 Å². The maximum absolute atomic E-state index is 5.87. The molecule has 1 saturated carbocycles. The summed E-state index contributed by atoms with van der Waals surface area (Å²) in [5.74, 6) is 0. The highest BCUT2D eigenvalue weighted by atomic mass is 16.5. The average Bonchev–Trinajstić information content (AvgIpc) is 2.74. The summed E-state index contributed by atoms with van der Waals surface area (Å²) in [4.78, 5) is 2.50. The van der Waals surface area contributed by atoms with Crippen LogP contribution in [0, 0.1) is 0 Å². The Bertz CT molecular complexity index is 338. The number of ether oxygens (including phenoxy) is 1. The SMILES string of the molecule is c1ccc(CN2COC3CCCCC32)cc1. The first kappa shape index (κ1) is 10.3. The molecule has 2 atom stereocenters. The minimum atomic E-state index is 0.512. The van der Waals surface area contributed by atoms with E-state index in [4.69, 9.17) is 4.74 Å². The fourth-order valence-corrected chi connectivity index (χ4v) is 2.96. The third-order valence-corrected chi connectivity index (χ3v) is 3.82. The van der Waals surface area contributed by atoms with Gasteiger partial charge in [-0.3, -0.25) is 4.90 Å². The van der Waals surface area contributed by atoms with E-state index in [1.54, 1.807) is 0 Å². The van der Waals surface area contributed by atoms with Crippen LogP contribution in [0.4, 0.5) is 0 Å². The summed E-state index contributed by atoms with van der Waals surface area (Å²) in [6, 6.07) is 11.4. The Hall–Kier alpha value is -0.860. The van der Waals surface area contributed by atoms with Gasteiger partial charge in [-0.25, -0.2) is 0 Å². The summed E-state index contributed by atoms with van der Waals surface area (Å²) in [5, 5.41) is 0. The van der Waals surface area contributed by atoms with E-state index in [1.165, 1.54) is 31.2 Å². The molecule has 1 aliphatic carbocycles. The van der Waals surface area contributed by atoms with Gasteiger partial charge in [0.05, 0.1) is 6.10 Å². The van der Waals surface area contributed by atoms with Crippen molar-refractivity contribution in [3.05, 3.63) is 35.9 Å². The molecule has 16 heavy (non-hydrogen) atoms. The molecule has 1 heterocycles. The molecule has 2 nitrogen and oxygen atoms in total. The third kappa shape index (κ3) is 2.00. The zero-order valence-corrected chi connectivity index (χ0v) is 9.64. The molecule has 0 amide bonds. The average molecular weight is 217 g/mol. The van der Waals surface area contributed by atoms with Crippen molar-refractivity contribution in [3.63, 3.8) is 0 Å². The van der Waals surface area contributed by atoms with Crippen LogP contribution < -0.4 is 0 Å². The fraction of sp³-hybridized carbons (Fsp3) is 0.571. The summed E-state index contributed by atoms with van der Waals surface area (Å²) in [5.41, 5.74) is 1.40. The second-order valence-corrected chi connectivity index (χ2v) is 4.92. The molecule has 1 saturated heterocycles. The van der Waals surface area contributed by atoms with Crippen molar-refractivity contribution in [2.75, 3.05) is 6.73 Å². The number of fused-ring (bicyclic) bond motifs is 1. The molecule has 2 unspecified atom stereocenters. The van der Waals surface area contributed by atoms with Gasteiger partial charge in [-0.2, -0.15) is 0 Å². The first-order chi connectivity index (χ1) is 7.93. The molecule has 86 valence electrons. The van der Waals surface area contributed by atoms with E-state index in [2.05, 4.69) is 35.2 Å². The highest BCUT2D eigenvalue weighted by Gasteiger charge is 2.36.